The molecule has 1 saturated heterocycles. The molecule has 2 N–H and O–H groups in total. The standard InChI is InChI=1S/C11H17FN4.C2H6/c1-15-6-3-11(4-7-15)8-2-5-14-16(8)10(12)9(11)13;1-2/h2,5,9-10H,3-4,6-7,13H2,1H3;1-2H3/t9-,10?;/m1./s1. The Morgan fingerprint density at radius 3 is 2.61 bits per heavy atom. The Bertz CT molecular complexity index is 395. The molecular formula is C13H23FN4. The molecule has 3 heterocycles. The summed E-state index contributed by atoms with van der Waals surface area (Å²) >= 11 is 0. The minimum absolute atomic E-state index is 0.192. The van der Waals surface area contributed by atoms with E-state index in [1.807, 2.05) is 19.9 Å². The van der Waals surface area contributed by atoms with Gasteiger partial charge in [-0.2, -0.15) is 5.10 Å². The summed E-state index contributed by atoms with van der Waals surface area (Å²) in [7, 11) is 2.09. The van der Waals surface area contributed by atoms with Crippen molar-refractivity contribution in [3.05, 3.63) is 18.0 Å². The van der Waals surface area contributed by atoms with Gasteiger partial charge in [-0.05, 0) is 39.0 Å². The van der Waals surface area contributed by atoms with Crippen molar-refractivity contribution in [3.8, 4) is 0 Å². The number of halogens is 1. The number of fused-ring (bicyclic) bond motifs is 2. The molecule has 1 spiro atoms. The predicted octanol–water partition coefficient (Wildman–Crippen LogP) is 1.68. The second-order valence-corrected chi connectivity index (χ2v) is 5.02. The molecule has 18 heavy (non-hydrogen) atoms. The van der Waals surface area contributed by atoms with Crippen molar-refractivity contribution in [3.63, 3.8) is 0 Å². The van der Waals surface area contributed by atoms with Crippen molar-refractivity contribution in [2.24, 2.45) is 5.73 Å². The van der Waals surface area contributed by atoms with E-state index < -0.39 is 12.3 Å². The smallest absolute Gasteiger partial charge is 0.207 e. The molecule has 2 atom stereocenters. The first-order chi connectivity index (χ1) is 8.65. The monoisotopic (exact) mass is 254 g/mol. The van der Waals surface area contributed by atoms with Crippen LogP contribution in [0.5, 0.6) is 0 Å². The minimum Gasteiger partial charge on any atom is -0.323 e. The maximum atomic E-state index is 14.0. The Hall–Kier alpha value is -0.940. The van der Waals surface area contributed by atoms with E-state index in [0.29, 0.717) is 0 Å². The molecule has 2 aliphatic heterocycles. The van der Waals surface area contributed by atoms with Gasteiger partial charge in [0.05, 0.1) is 6.04 Å². The largest absolute Gasteiger partial charge is 0.323 e. The van der Waals surface area contributed by atoms with Crippen LogP contribution < -0.4 is 5.73 Å². The van der Waals surface area contributed by atoms with Gasteiger partial charge in [-0.3, -0.25) is 0 Å². The lowest BCUT2D eigenvalue weighted by Crippen LogP contribution is -2.50. The van der Waals surface area contributed by atoms with Gasteiger partial charge in [0.1, 0.15) is 0 Å². The maximum absolute atomic E-state index is 14.0. The molecule has 0 radical (unpaired) electrons. The highest BCUT2D eigenvalue weighted by Crippen LogP contribution is 2.46. The van der Waals surface area contributed by atoms with E-state index in [1.165, 1.54) is 4.68 Å². The highest BCUT2D eigenvalue weighted by atomic mass is 19.1. The highest BCUT2D eigenvalue weighted by molar-refractivity contribution is 5.27. The normalized spacial score (nSPS) is 29.8. The Morgan fingerprint density at radius 1 is 1.39 bits per heavy atom. The van der Waals surface area contributed by atoms with E-state index in [1.54, 1.807) is 6.20 Å². The minimum atomic E-state index is -1.16. The van der Waals surface area contributed by atoms with Crippen LogP contribution in [-0.4, -0.2) is 40.9 Å². The first kappa shape index (κ1) is 13.5. The molecule has 0 bridgehead atoms. The van der Waals surface area contributed by atoms with Crippen molar-refractivity contribution in [1.82, 2.24) is 14.7 Å². The third kappa shape index (κ3) is 1.77. The second kappa shape index (κ2) is 4.97. The summed E-state index contributed by atoms with van der Waals surface area (Å²) in [5, 5.41) is 4.04. The number of hydrogen-bond donors (Lipinski definition) is 1. The molecule has 5 heteroatoms. The molecule has 0 aliphatic carbocycles. The number of piperidine rings is 1. The van der Waals surface area contributed by atoms with Gasteiger partial charge < -0.3 is 10.6 Å². The van der Waals surface area contributed by atoms with Crippen LogP contribution in [0, 0.1) is 0 Å². The van der Waals surface area contributed by atoms with E-state index in [9.17, 15) is 4.39 Å². The lowest BCUT2D eigenvalue weighted by Gasteiger charge is -2.40. The van der Waals surface area contributed by atoms with Gasteiger partial charge in [0, 0.05) is 17.3 Å². The fraction of sp³-hybridized carbons (Fsp3) is 0.769. The third-order valence-electron chi connectivity index (χ3n) is 4.23. The van der Waals surface area contributed by atoms with Crippen LogP contribution in [-0.2, 0) is 5.41 Å². The Balaban J connectivity index is 0.000000574. The fourth-order valence-corrected chi connectivity index (χ4v) is 3.10. The summed E-state index contributed by atoms with van der Waals surface area (Å²) in [4.78, 5) is 2.27. The second-order valence-electron chi connectivity index (χ2n) is 5.02. The summed E-state index contributed by atoms with van der Waals surface area (Å²) in [6, 6.07) is 1.48. The summed E-state index contributed by atoms with van der Waals surface area (Å²) in [5.41, 5.74) is 6.87. The molecule has 2 aliphatic rings. The van der Waals surface area contributed by atoms with Crippen LogP contribution in [0.4, 0.5) is 4.39 Å². The molecule has 0 aromatic carbocycles. The number of likely N-dealkylation sites (tertiary alicyclic amines) is 1. The molecule has 1 fully saturated rings. The maximum Gasteiger partial charge on any atom is 0.207 e. The van der Waals surface area contributed by atoms with E-state index in [4.69, 9.17) is 5.73 Å². The molecule has 1 aromatic heterocycles. The van der Waals surface area contributed by atoms with E-state index in [2.05, 4.69) is 17.0 Å². The lowest BCUT2D eigenvalue weighted by molar-refractivity contribution is 0.125. The fourth-order valence-electron chi connectivity index (χ4n) is 3.10. The Morgan fingerprint density at radius 2 is 2.00 bits per heavy atom. The first-order valence-corrected chi connectivity index (χ1v) is 6.77. The molecule has 102 valence electrons. The van der Waals surface area contributed by atoms with Crippen LogP contribution >= 0.6 is 0 Å². The van der Waals surface area contributed by atoms with Gasteiger partial charge in [0.15, 0.2) is 0 Å². The molecular weight excluding hydrogens is 231 g/mol. The zero-order valence-electron chi connectivity index (χ0n) is 11.4. The molecule has 3 rings (SSSR count). The SMILES string of the molecule is CC.CN1CCC2(CC1)c1ccnn1C(F)[C@H]2N. The summed E-state index contributed by atoms with van der Waals surface area (Å²) in [6.07, 6.45) is 2.37. The number of alkyl halides is 1. The van der Waals surface area contributed by atoms with E-state index in [-0.39, 0.29) is 5.41 Å². The van der Waals surface area contributed by atoms with Gasteiger partial charge >= 0.3 is 0 Å². The van der Waals surface area contributed by atoms with Crippen LogP contribution in [0.15, 0.2) is 12.3 Å². The lowest BCUT2D eigenvalue weighted by atomic mass is 9.72. The number of nitrogens with zero attached hydrogens (tertiary/aromatic N) is 3. The zero-order chi connectivity index (χ0) is 13.3. The summed E-state index contributed by atoms with van der Waals surface area (Å²) in [6.45, 7) is 5.96. The van der Waals surface area contributed by atoms with E-state index >= 15 is 0 Å². The van der Waals surface area contributed by atoms with Gasteiger partial charge in [-0.1, -0.05) is 13.8 Å². The number of aromatic nitrogens is 2. The molecule has 0 amide bonds. The van der Waals surface area contributed by atoms with Crippen molar-refractivity contribution in [1.29, 1.82) is 0 Å². The molecule has 4 nitrogen and oxygen atoms in total. The quantitative estimate of drug-likeness (QED) is 0.766. The number of hydrogen-bond acceptors (Lipinski definition) is 3. The Labute approximate surface area is 108 Å². The average molecular weight is 254 g/mol. The topological polar surface area (TPSA) is 47.1 Å². The first-order valence-electron chi connectivity index (χ1n) is 6.77. The summed E-state index contributed by atoms with van der Waals surface area (Å²) in [5.74, 6) is 0. The molecule has 1 aromatic rings. The zero-order valence-corrected chi connectivity index (χ0v) is 11.4. The van der Waals surface area contributed by atoms with Crippen LogP contribution in [0.3, 0.4) is 0 Å². The average Bonchev–Trinajstić information content (AvgIpc) is 2.96. The van der Waals surface area contributed by atoms with Crippen LogP contribution in [0.2, 0.25) is 0 Å². The van der Waals surface area contributed by atoms with Crippen molar-refractivity contribution in [2.45, 2.75) is 44.4 Å². The van der Waals surface area contributed by atoms with Gasteiger partial charge in [0.25, 0.3) is 0 Å². The van der Waals surface area contributed by atoms with Gasteiger partial charge in [-0.15, -0.1) is 0 Å². The highest BCUT2D eigenvalue weighted by Gasteiger charge is 2.52. The number of nitrogens with two attached hydrogens (primary N) is 1. The van der Waals surface area contributed by atoms with Crippen LogP contribution in [0.1, 0.15) is 38.7 Å². The molecule has 1 unspecified atom stereocenters. The molecule has 0 saturated carbocycles. The van der Waals surface area contributed by atoms with Crippen molar-refractivity contribution in [2.75, 3.05) is 20.1 Å². The Kier molecular flexibility index (Phi) is 3.73. The third-order valence-corrected chi connectivity index (χ3v) is 4.23. The van der Waals surface area contributed by atoms with Gasteiger partial charge in [-0.25, -0.2) is 9.07 Å². The predicted molar refractivity (Wildman–Crippen MR) is 70.1 cm³/mol. The van der Waals surface area contributed by atoms with Crippen LogP contribution in [0.25, 0.3) is 0 Å². The van der Waals surface area contributed by atoms with Crippen molar-refractivity contribution < 1.29 is 4.39 Å². The van der Waals surface area contributed by atoms with E-state index in [0.717, 1.165) is 31.6 Å². The van der Waals surface area contributed by atoms with Gasteiger partial charge in [0.2, 0.25) is 6.30 Å². The number of rotatable bonds is 0. The summed E-state index contributed by atoms with van der Waals surface area (Å²) < 4.78 is 15.5. The van der Waals surface area contributed by atoms with Crippen molar-refractivity contribution >= 4 is 0 Å².